The summed E-state index contributed by atoms with van der Waals surface area (Å²) in [5.74, 6) is 0. The Balaban J connectivity index is 3.49. The van der Waals surface area contributed by atoms with E-state index in [2.05, 4.69) is 45.0 Å². The quantitative estimate of drug-likeness (QED) is 0.605. The smallest absolute Gasteiger partial charge is 0.0104 e. The number of nitrogens with one attached hydrogen (secondary N) is 1. The minimum absolute atomic E-state index is 0.458. The first kappa shape index (κ1) is 13.9. The molecule has 0 aromatic heterocycles. The van der Waals surface area contributed by atoms with Crippen molar-refractivity contribution in [3.63, 3.8) is 0 Å². The zero-order valence-corrected chi connectivity index (χ0v) is 10.7. The average molecular weight is 200 g/mol. The highest BCUT2D eigenvalue weighted by Gasteiger charge is 2.16. The van der Waals surface area contributed by atoms with E-state index in [0.717, 1.165) is 19.6 Å². The summed E-state index contributed by atoms with van der Waals surface area (Å²) < 4.78 is 0. The van der Waals surface area contributed by atoms with Crippen LogP contribution >= 0.6 is 0 Å². The molecular formula is C12H28N2. The van der Waals surface area contributed by atoms with Gasteiger partial charge in [0.1, 0.15) is 0 Å². The van der Waals surface area contributed by atoms with E-state index in [4.69, 9.17) is 0 Å². The van der Waals surface area contributed by atoms with Gasteiger partial charge in [-0.2, -0.15) is 0 Å². The van der Waals surface area contributed by atoms with Gasteiger partial charge in [-0.15, -0.1) is 0 Å². The molecule has 0 aliphatic heterocycles. The van der Waals surface area contributed by atoms with Crippen molar-refractivity contribution >= 4 is 0 Å². The van der Waals surface area contributed by atoms with Crippen LogP contribution in [0.15, 0.2) is 0 Å². The van der Waals surface area contributed by atoms with Crippen molar-refractivity contribution in [3.05, 3.63) is 0 Å². The van der Waals surface area contributed by atoms with E-state index >= 15 is 0 Å². The average Bonchev–Trinajstić information content (AvgIpc) is 2.12. The largest absolute Gasteiger partial charge is 0.315 e. The van der Waals surface area contributed by atoms with Gasteiger partial charge in [-0.3, -0.25) is 0 Å². The van der Waals surface area contributed by atoms with Crippen LogP contribution in [0.4, 0.5) is 0 Å². The monoisotopic (exact) mass is 200 g/mol. The van der Waals surface area contributed by atoms with Gasteiger partial charge < -0.3 is 10.2 Å². The highest BCUT2D eigenvalue weighted by molar-refractivity contribution is 4.70. The lowest BCUT2D eigenvalue weighted by atomic mass is 9.90. The van der Waals surface area contributed by atoms with Crippen LogP contribution in [0.5, 0.6) is 0 Å². The van der Waals surface area contributed by atoms with Gasteiger partial charge in [-0.05, 0) is 31.8 Å². The first-order valence-electron chi connectivity index (χ1n) is 5.91. The van der Waals surface area contributed by atoms with Crippen LogP contribution in [0.25, 0.3) is 0 Å². The number of hydrogen-bond donors (Lipinski definition) is 1. The molecule has 0 radical (unpaired) electrons. The molecule has 0 aromatic rings. The molecule has 86 valence electrons. The number of hydrogen-bond acceptors (Lipinski definition) is 2. The molecule has 0 aliphatic rings. The number of likely N-dealkylation sites (N-methyl/N-ethyl adjacent to an activating group) is 1. The molecule has 0 rings (SSSR count). The van der Waals surface area contributed by atoms with E-state index in [1.165, 1.54) is 19.4 Å². The van der Waals surface area contributed by atoms with Crippen LogP contribution in [-0.4, -0.2) is 38.1 Å². The third kappa shape index (κ3) is 7.34. The Hall–Kier alpha value is -0.0800. The lowest BCUT2D eigenvalue weighted by Crippen LogP contribution is -2.35. The molecule has 0 atom stereocenters. The second-order valence-electron chi connectivity index (χ2n) is 5.01. The van der Waals surface area contributed by atoms with Crippen LogP contribution < -0.4 is 5.32 Å². The van der Waals surface area contributed by atoms with E-state index in [1.807, 2.05) is 0 Å². The Morgan fingerprint density at radius 3 is 2.29 bits per heavy atom. The zero-order valence-electron chi connectivity index (χ0n) is 10.7. The predicted octanol–water partition coefficient (Wildman–Crippen LogP) is 2.35. The van der Waals surface area contributed by atoms with Gasteiger partial charge in [0.15, 0.2) is 0 Å². The summed E-state index contributed by atoms with van der Waals surface area (Å²) in [6.45, 7) is 13.8. The lowest BCUT2D eigenvalue weighted by molar-refractivity contribution is 0.204. The topological polar surface area (TPSA) is 15.3 Å². The van der Waals surface area contributed by atoms with Crippen molar-refractivity contribution in [1.29, 1.82) is 0 Å². The lowest BCUT2D eigenvalue weighted by Gasteiger charge is -2.29. The molecule has 0 aliphatic carbocycles. The summed E-state index contributed by atoms with van der Waals surface area (Å²) >= 11 is 0. The first-order chi connectivity index (χ1) is 6.52. The minimum atomic E-state index is 0.458. The molecule has 2 nitrogen and oxygen atoms in total. The van der Waals surface area contributed by atoms with Gasteiger partial charge in [-0.25, -0.2) is 0 Å². The Morgan fingerprint density at radius 2 is 1.79 bits per heavy atom. The maximum atomic E-state index is 3.43. The van der Waals surface area contributed by atoms with Crippen LogP contribution in [0.3, 0.4) is 0 Å². The first-order valence-corrected chi connectivity index (χ1v) is 5.91. The van der Waals surface area contributed by atoms with Crippen LogP contribution in [-0.2, 0) is 0 Å². The van der Waals surface area contributed by atoms with Gasteiger partial charge in [0, 0.05) is 19.6 Å². The third-order valence-corrected chi connectivity index (χ3v) is 2.75. The van der Waals surface area contributed by atoms with Gasteiger partial charge in [0.2, 0.25) is 0 Å². The molecular weight excluding hydrogens is 172 g/mol. The molecule has 1 N–H and O–H groups in total. The van der Waals surface area contributed by atoms with Crippen molar-refractivity contribution < 1.29 is 0 Å². The van der Waals surface area contributed by atoms with Crippen molar-refractivity contribution in [2.45, 2.75) is 40.5 Å². The van der Waals surface area contributed by atoms with Crippen molar-refractivity contribution in [1.82, 2.24) is 10.2 Å². The van der Waals surface area contributed by atoms with Gasteiger partial charge in [0.25, 0.3) is 0 Å². The van der Waals surface area contributed by atoms with Crippen molar-refractivity contribution in [3.8, 4) is 0 Å². The van der Waals surface area contributed by atoms with Gasteiger partial charge in [-0.1, -0.05) is 27.7 Å². The summed E-state index contributed by atoms with van der Waals surface area (Å²) in [6.07, 6.45) is 2.48. The highest BCUT2D eigenvalue weighted by atomic mass is 15.1. The zero-order chi connectivity index (χ0) is 11.0. The maximum Gasteiger partial charge on any atom is 0.0104 e. The summed E-state index contributed by atoms with van der Waals surface area (Å²) in [5.41, 5.74) is 0.458. The summed E-state index contributed by atoms with van der Waals surface area (Å²) in [4.78, 5) is 2.42. The minimum Gasteiger partial charge on any atom is -0.315 e. The fourth-order valence-electron chi connectivity index (χ4n) is 1.49. The SMILES string of the molecule is CCCNCCN(C)CC(C)(C)CC. The molecule has 0 spiro atoms. The van der Waals surface area contributed by atoms with E-state index in [9.17, 15) is 0 Å². The van der Waals surface area contributed by atoms with Gasteiger partial charge in [0.05, 0.1) is 0 Å². The molecule has 0 fully saturated rings. The number of rotatable bonds is 8. The molecule has 0 amide bonds. The predicted molar refractivity (Wildman–Crippen MR) is 64.7 cm³/mol. The maximum absolute atomic E-state index is 3.43. The summed E-state index contributed by atoms with van der Waals surface area (Å²) in [6, 6.07) is 0. The fraction of sp³-hybridized carbons (Fsp3) is 1.00. The van der Waals surface area contributed by atoms with E-state index in [-0.39, 0.29) is 0 Å². The van der Waals surface area contributed by atoms with E-state index < -0.39 is 0 Å². The van der Waals surface area contributed by atoms with Crippen molar-refractivity contribution in [2.24, 2.45) is 5.41 Å². The second-order valence-corrected chi connectivity index (χ2v) is 5.01. The summed E-state index contributed by atoms with van der Waals surface area (Å²) in [5, 5.41) is 3.43. The molecule has 0 saturated carbocycles. The Bertz CT molecular complexity index is 132. The van der Waals surface area contributed by atoms with E-state index in [1.54, 1.807) is 0 Å². The highest BCUT2D eigenvalue weighted by Crippen LogP contribution is 2.19. The molecule has 14 heavy (non-hydrogen) atoms. The Kier molecular flexibility index (Phi) is 7.20. The molecule has 0 bridgehead atoms. The van der Waals surface area contributed by atoms with Crippen LogP contribution in [0, 0.1) is 5.41 Å². The van der Waals surface area contributed by atoms with Gasteiger partial charge >= 0.3 is 0 Å². The standard InChI is InChI=1S/C12H28N2/c1-6-8-13-9-10-14(5)11-12(3,4)7-2/h13H,6-11H2,1-5H3. The van der Waals surface area contributed by atoms with Crippen LogP contribution in [0.2, 0.25) is 0 Å². The Morgan fingerprint density at radius 1 is 1.14 bits per heavy atom. The molecule has 0 unspecified atom stereocenters. The van der Waals surface area contributed by atoms with Crippen molar-refractivity contribution in [2.75, 3.05) is 33.2 Å². The third-order valence-electron chi connectivity index (χ3n) is 2.75. The molecule has 0 heterocycles. The van der Waals surface area contributed by atoms with Crippen LogP contribution in [0.1, 0.15) is 40.5 Å². The second kappa shape index (κ2) is 7.24. The Labute approximate surface area is 90.1 Å². The normalized spacial score (nSPS) is 12.4. The molecule has 0 saturated heterocycles. The molecule has 0 aromatic carbocycles. The fourth-order valence-corrected chi connectivity index (χ4v) is 1.49. The number of nitrogens with zero attached hydrogens (tertiary/aromatic N) is 1. The van der Waals surface area contributed by atoms with E-state index in [0.29, 0.717) is 5.41 Å². The molecule has 2 heteroatoms. The summed E-state index contributed by atoms with van der Waals surface area (Å²) in [7, 11) is 2.21.